The predicted molar refractivity (Wildman–Crippen MR) is 84.9 cm³/mol. The topological polar surface area (TPSA) is 50.8 Å². The first-order chi connectivity index (χ1) is 10.8. The number of benzene rings is 2. The SMILES string of the molecule is CCOc1ccc(-c2cc(C#N)nn2-c2ccccc2)cc1. The summed E-state index contributed by atoms with van der Waals surface area (Å²) in [7, 11) is 0. The van der Waals surface area contributed by atoms with Gasteiger partial charge in [-0.25, -0.2) is 4.68 Å². The van der Waals surface area contributed by atoms with E-state index in [2.05, 4.69) is 11.2 Å². The van der Waals surface area contributed by atoms with Crippen LogP contribution in [0.2, 0.25) is 0 Å². The Morgan fingerprint density at radius 2 is 1.82 bits per heavy atom. The van der Waals surface area contributed by atoms with Crippen molar-refractivity contribution >= 4 is 0 Å². The molecule has 0 aliphatic rings. The maximum absolute atomic E-state index is 9.14. The molecule has 0 saturated heterocycles. The molecule has 2 aromatic carbocycles. The van der Waals surface area contributed by atoms with E-state index in [4.69, 9.17) is 10.00 Å². The molecular formula is C18H15N3O. The van der Waals surface area contributed by atoms with Crippen molar-refractivity contribution in [2.45, 2.75) is 6.92 Å². The summed E-state index contributed by atoms with van der Waals surface area (Å²) in [6, 6.07) is 21.5. The van der Waals surface area contributed by atoms with Gasteiger partial charge in [0.15, 0.2) is 5.69 Å². The maximum atomic E-state index is 9.14. The van der Waals surface area contributed by atoms with Gasteiger partial charge in [-0.3, -0.25) is 0 Å². The number of hydrogen-bond donors (Lipinski definition) is 0. The van der Waals surface area contributed by atoms with Gasteiger partial charge in [0, 0.05) is 11.6 Å². The first-order valence-electron chi connectivity index (χ1n) is 7.10. The maximum Gasteiger partial charge on any atom is 0.163 e. The molecule has 0 spiro atoms. The van der Waals surface area contributed by atoms with Gasteiger partial charge in [0.25, 0.3) is 0 Å². The molecule has 1 aromatic heterocycles. The first-order valence-corrected chi connectivity index (χ1v) is 7.10. The fraction of sp³-hybridized carbons (Fsp3) is 0.111. The van der Waals surface area contributed by atoms with Gasteiger partial charge in [-0.2, -0.15) is 10.4 Å². The Morgan fingerprint density at radius 1 is 1.09 bits per heavy atom. The Morgan fingerprint density at radius 3 is 2.45 bits per heavy atom. The van der Waals surface area contributed by atoms with Crippen molar-refractivity contribution < 1.29 is 4.74 Å². The van der Waals surface area contributed by atoms with Gasteiger partial charge in [-0.15, -0.1) is 0 Å². The number of ether oxygens (including phenoxy) is 1. The molecule has 3 aromatic rings. The van der Waals surface area contributed by atoms with Gasteiger partial charge < -0.3 is 4.74 Å². The highest BCUT2D eigenvalue weighted by molar-refractivity contribution is 5.64. The predicted octanol–water partition coefficient (Wildman–Crippen LogP) is 3.81. The molecular weight excluding hydrogens is 274 g/mol. The van der Waals surface area contributed by atoms with E-state index in [0.717, 1.165) is 22.7 Å². The molecule has 22 heavy (non-hydrogen) atoms. The van der Waals surface area contributed by atoms with Crippen molar-refractivity contribution in [3.8, 4) is 28.8 Å². The van der Waals surface area contributed by atoms with Crippen molar-refractivity contribution in [1.82, 2.24) is 9.78 Å². The second-order valence-corrected chi connectivity index (χ2v) is 4.73. The zero-order valence-corrected chi connectivity index (χ0v) is 12.2. The van der Waals surface area contributed by atoms with E-state index < -0.39 is 0 Å². The third-order valence-corrected chi connectivity index (χ3v) is 3.29. The standard InChI is InChI=1S/C18H15N3O/c1-2-22-17-10-8-14(9-11-17)18-12-15(13-19)20-21(18)16-6-4-3-5-7-16/h3-12H,2H2,1H3. The van der Waals surface area contributed by atoms with Crippen LogP contribution in [0.1, 0.15) is 12.6 Å². The summed E-state index contributed by atoms with van der Waals surface area (Å²) in [6.07, 6.45) is 0. The molecule has 0 amide bonds. The van der Waals surface area contributed by atoms with E-state index in [9.17, 15) is 0 Å². The fourth-order valence-electron chi connectivity index (χ4n) is 2.30. The van der Waals surface area contributed by atoms with Crippen molar-refractivity contribution in [3.63, 3.8) is 0 Å². The van der Waals surface area contributed by atoms with Gasteiger partial charge in [0.05, 0.1) is 18.0 Å². The molecule has 0 bridgehead atoms. The minimum atomic E-state index is 0.396. The number of nitriles is 1. The molecule has 3 rings (SSSR count). The molecule has 0 saturated carbocycles. The van der Waals surface area contributed by atoms with E-state index in [-0.39, 0.29) is 0 Å². The zero-order valence-electron chi connectivity index (χ0n) is 12.2. The molecule has 1 heterocycles. The Balaban J connectivity index is 2.06. The first kappa shape index (κ1) is 13.9. The van der Waals surface area contributed by atoms with Crippen molar-refractivity contribution in [1.29, 1.82) is 5.26 Å². The molecule has 4 nitrogen and oxygen atoms in total. The number of aromatic nitrogens is 2. The normalized spacial score (nSPS) is 10.2. The number of hydrogen-bond acceptors (Lipinski definition) is 3. The monoisotopic (exact) mass is 289 g/mol. The zero-order chi connectivity index (χ0) is 15.4. The highest BCUT2D eigenvalue weighted by atomic mass is 16.5. The Bertz CT molecular complexity index is 799. The molecule has 0 unspecified atom stereocenters. The van der Waals surface area contributed by atoms with Crippen LogP contribution in [0, 0.1) is 11.3 Å². The van der Waals surface area contributed by atoms with Gasteiger partial charge in [-0.1, -0.05) is 18.2 Å². The van der Waals surface area contributed by atoms with Crippen LogP contribution < -0.4 is 4.74 Å². The Labute approximate surface area is 129 Å². The highest BCUT2D eigenvalue weighted by Crippen LogP contribution is 2.25. The van der Waals surface area contributed by atoms with Gasteiger partial charge in [0.1, 0.15) is 11.8 Å². The minimum Gasteiger partial charge on any atom is -0.494 e. The van der Waals surface area contributed by atoms with Gasteiger partial charge in [0.2, 0.25) is 0 Å². The van der Waals surface area contributed by atoms with Gasteiger partial charge in [-0.05, 0) is 43.3 Å². The van der Waals surface area contributed by atoms with Crippen LogP contribution in [0.3, 0.4) is 0 Å². The van der Waals surface area contributed by atoms with Crippen LogP contribution in [0.5, 0.6) is 5.75 Å². The Kier molecular flexibility index (Phi) is 3.88. The molecule has 0 N–H and O–H groups in total. The summed E-state index contributed by atoms with van der Waals surface area (Å²) in [5, 5.41) is 13.5. The average molecular weight is 289 g/mol. The van der Waals surface area contributed by atoms with E-state index >= 15 is 0 Å². The number of nitrogens with zero attached hydrogens (tertiary/aromatic N) is 3. The van der Waals surface area contributed by atoms with Crippen LogP contribution in [-0.4, -0.2) is 16.4 Å². The van der Waals surface area contributed by atoms with Crippen molar-refractivity contribution in [2.24, 2.45) is 0 Å². The quantitative estimate of drug-likeness (QED) is 0.734. The third-order valence-electron chi connectivity index (χ3n) is 3.29. The molecule has 0 radical (unpaired) electrons. The smallest absolute Gasteiger partial charge is 0.163 e. The summed E-state index contributed by atoms with van der Waals surface area (Å²) in [5.41, 5.74) is 3.19. The molecule has 0 aliphatic carbocycles. The van der Waals surface area contributed by atoms with E-state index in [1.54, 1.807) is 10.7 Å². The van der Waals surface area contributed by atoms with Crippen LogP contribution in [0.25, 0.3) is 16.9 Å². The second kappa shape index (κ2) is 6.15. The van der Waals surface area contributed by atoms with Crippen LogP contribution >= 0.6 is 0 Å². The van der Waals surface area contributed by atoms with E-state index in [0.29, 0.717) is 12.3 Å². The van der Waals surface area contributed by atoms with Crippen molar-refractivity contribution in [2.75, 3.05) is 6.61 Å². The van der Waals surface area contributed by atoms with Crippen LogP contribution in [-0.2, 0) is 0 Å². The summed E-state index contributed by atoms with van der Waals surface area (Å²) in [4.78, 5) is 0. The molecule has 0 fully saturated rings. The lowest BCUT2D eigenvalue weighted by Crippen LogP contribution is -1.99. The van der Waals surface area contributed by atoms with E-state index in [1.807, 2.05) is 61.5 Å². The van der Waals surface area contributed by atoms with Gasteiger partial charge >= 0.3 is 0 Å². The summed E-state index contributed by atoms with van der Waals surface area (Å²) < 4.78 is 7.25. The molecule has 108 valence electrons. The van der Waals surface area contributed by atoms with Crippen LogP contribution in [0.4, 0.5) is 0 Å². The largest absolute Gasteiger partial charge is 0.494 e. The number of rotatable bonds is 4. The van der Waals surface area contributed by atoms with E-state index in [1.165, 1.54) is 0 Å². The molecule has 0 atom stereocenters. The van der Waals surface area contributed by atoms with Crippen LogP contribution in [0.15, 0.2) is 60.7 Å². The number of para-hydroxylation sites is 1. The summed E-state index contributed by atoms with van der Waals surface area (Å²) >= 11 is 0. The summed E-state index contributed by atoms with van der Waals surface area (Å²) in [6.45, 7) is 2.59. The van der Waals surface area contributed by atoms with Crippen molar-refractivity contribution in [3.05, 3.63) is 66.4 Å². The highest BCUT2D eigenvalue weighted by Gasteiger charge is 2.11. The lowest BCUT2D eigenvalue weighted by molar-refractivity contribution is 0.340. The molecule has 0 aliphatic heterocycles. The summed E-state index contributed by atoms with van der Waals surface area (Å²) in [5.74, 6) is 0.831. The lowest BCUT2D eigenvalue weighted by atomic mass is 10.1. The minimum absolute atomic E-state index is 0.396. The molecule has 4 heteroatoms. The average Bonchev–Trinajstić information content (AvgIpc) is 3.01. The second-order valence-electron chi connectivity index (χ2n) is 4.73. The fourth-order valence-corrected chi connectivity index (χ4v) is 2.30. The third kappa shape index (κ3) is 2.70. The Hall–Kier alpha value is -3.06. The lowest BCUT2D eigenvalue weighted by Gasteiger charge is -2.08.